The third-order valence-electron chi connectivity index (χ3n) is 3.74. The van der Waals surface area contributed by atoms with Crippen LogP contribution in [0.4, 0.5) is 0 Å². The molecule has 1 fully saturated rings. The summed E-state index contributed by atoms with van der Waals surface area (Å²) in [5.41, 5.74) is 1.01. The maximum Gasteiger partial charge on any atom is 0.251 e. The van der Waals surface area contributed by atoms with Gasteiger partial charge in [0.15, 0.2) is 0 Å². The van der Waals surface area contributed by atoms with Crippen molar-refractivity contribution in [3.63, 3.8) is 0 Å². The fourth-order valence-corrected chi connectivity index (χ4v) is 2.58. The molecule has 2 aliphatic carbocycles. The van der Waals surface area contributed by atoms with Gasteiger partial charge in [0.2, 0.25) is 0 Å². The number of nitrogens with zero attached hydrogens (tertiary/aromatic N) is 1. The van der Waals surface area contributed by atoms with Crippen LogP contribution in [0.3, 0.4) is 0 Å². The molecule has 0 bridgehead atoms. The van der Waals surface area contributed by atoms with Gasteiger partial charge in [-0.25, -0.2) is 0 Å². The highest BCUT2D eigenvalue weighted by molar-refractivity contribution is 5.84. The number of hydrogen-bond acceptors (Lipinski definition) is 4. The standard InChI is InChI=1S/C14H23NO3/c16-13(11-7-3-1-4-8-11)14(17)18-15-12-9-5-2-6-10-12/h3,7,11,13-14,16-17H,1-2,4-6,8-10H2/t11?,13-,14?/m0/s1. The van der Waals surface area contributed by atoms with Crippen molar-refractivity contribution < 1.29 is 15.1 Å². The SMILES string of the molecule is OC(ON=C1CCCCC1)[C@@H](O)C1C=CCCC1. The van der Waals surface area contributed by atoms with Crippen LogP contribution in [0, 0.1) is 5.92 Å². The molecule has 0 radical (unpaired) electrons. The zero-order valence-electron chi connectivity index (χ0n) is 10.8. The van der Waals surface area contributed by atoms with Gasteiger partial charge in [0.1, 0.15) is 6.10 Å². The molecule has 0 aromatic carbocycles. The molecule has 0 aromatic rings. The predicted molar refractivity (Wildman–Crippen MR) is 70.1 cm³/mol. The van der Waals surface area contributed by atoms with Crippen molar-refractivity contribution in [1.29, 1.82) is 0 Å². The Bertz CT molecular complexity index is 306. The van der Waals surface area contributed by atoms with Crippen LogP contribution in [0.15, 0.2) is 17.3 Å². The van der Waals surface area contributed by atoms with Crippen LogP contribution in [0.5, 0.6) is 0 Å². The fourth-order valence-electron chi connectivity index (χ4n) is 2.58. The van der Waals surface area contributed by atoms with E-state index >= 15 is 0 Å². The Balaban J connectivity index is 1.80. The van der Waals surface area contributed by atoms with Crippen molar-refractivity contribution >= 4 is 5.71 Å². The van der Waals surface area contributed by atoms with Gasteiger partial charge >= 0.3 is 0 Å². The van der Waals surface area contributed by atoms with Crippen molar-refractivity contribution in [3.05, 3.63) is 12.2 Å². The average Bonchev–Trinajstić information content (AvgIpc) is 2.46. The number of allylic oxidation sites excluding steroid dienone is 1. The van der Waals surface area contributed by atoms with Gasteiger partial charge in [-0.15, -0.1) is 0 Å². The first-order chi connectivity index (χ1) is 8.77. The van der Waals surface area contributed by atoms with Crippen LogP contribution in [0.2, 0.25) is 0 Å². The van der Waals surface area contributed by atoms with Crippen LogP contribution in [-0.2, 0) is 4.84 Å². The summed E-state index contributed by atoms with van der Waals surface area (Å²) >= 11 is 0. The summed E-state index contributed by atoms with van der Waals surface area (Å²) in [4.78, 5) is 5.06. The molecule has 0 spiro atoms. The van der Waals surface area contributed by atoms with E-state index in [0.29, 0.717) is 0 Å². The van der Waals surface area contributed by atoms with E-state index in [1.807, 2.05) is 6.08 Å². The number of hydrogen-bond donors (Lipinski definition) is 2. The summed E-state index contributed by atoms with van der Waals surface area (Å²) in [5.74, 6) is -0.0136. The van der Waals surface area contributed by atoms with Crippen LogP contribution in [0.25, 0.3) is 0 Å². The van der Waals surface area contributed by atoms with Crippen LogP contribution >= 0.6 is 0 Å². The molecule has 0 saturated heterocycles. The second-order valence-corrected chi connectivity index (χ2v) is 5.23. The molecule has 0 aromatic heterocycles. The van der Waals surface area contributed by atoms with Crippen LogP contribution in [-0.4, -0.2) is 28.3 Å². The molecule has 2 rings (SSSR count). The first kappa shape index (κ1) is 13.6. The highest BCUT2D eigenvalue weighted by atomic mass is 16.7. The van der Waals surface area contributed by atoms with Crippen molar-refractivity contribution in [3.8, 4) is 0 Å². The lowest BCUT2D eigenvalue weighted by atomic mass is 9.91. The highest BCUT2D eigenvalue weighted by Crippen LogP contribution is 2.23. The lowest BCUT2D eigenvalue weighted by Crippen LogP contribution is -2.34. The van der Waals surface area contributed by atoms with E-state index < -0.39 is 12.4 Å². The number of oxime groups is 1. The van der Waals surface area contributed by atoms with E-state index in [1.165, 1.54) is 6.42 Å². The Morgan fingerprint density at radius 2 is 1.94 bits per heavy atom. The summed E-state index contributed by atoms with van der Waals surface area (Å²) in [7, 11) is 0. The highest BCUT2D eigenvalue weighted by Gasteiger charge is 2.27. The Morgan fingerprint density at radius 3 is 2.61 bits per heavy atom. The predicted octanol–water partition coefficient (Wildman–Crippen LogP) is 2.36. The van der Waals surface area contributed by atoms with E-state index in [1.54, 1.807) is 0 Å². The molecule has 4 nitrogen and oxygen atoms in total. The van der Waals surface area contributed by atoms with Crippen molar-refractivity contribution in [2.75, 3.05) is 0 Å². The molecule has 18 heavy (non-hydrogen) atoms. The number of aliphatic hydroxyl groups is 2. The fraction of sp³-hybridized carbons (Fsp3) is 0.786. The van der Waals surface area contributed by atoms with E-state index in [2.05, 4.69) is 11.2 Å². The Labute approximate surface area is 108 Å². The number of rotatable bonds is 4. The van der Waals surface area contributed by atoms with Gasteiger partial charge in [-0.3, -0.25) is 0 Å². The van der Waals surface area contributed by atoms with Crippen LogP contribution < -0.4 is 0 Å². The number of aliphatic hydroxyl groups excluding tert-OH is 2. The summed E-state index contributed by atoms with van der Waals surface area (Å²) in [6.45, 7) is 0. The van der Waals surface area contributed by atoms with Gasteiger partial charge in [-0.1, -0.05) is 23.7 Å². The smallest absolute Gasteiger partial charge is 0.251 e. The molecular weight excluding hydrogens is 230 g/mol. The quantitative estimate of drug-likeness (QED) is 0.459. The first-order valence-corrected chi connectivity index (χ1v) is 7.02. The van der Waals surface area contributed by atoms with Gasteiger partial charge in [-0.2, -0.15) is 0 Å². The summed E-state index contributed by atoms with van der Waals surface area (Å²) < 4.78 is 0. The van der Waals surface area contributed by atoms with E-state index in [9.17, 15) is 10.2 Å². The van der Waals surface area contributed by atoms with Gasteiger partial charge in [0.05, 0.1) is 5.71 Å². The van der Waals surface area contributed by atoms with Gasteiger partial charge in [0, 0.05) is 5.92 Å². The summed E-state index contributed by atoms with van der Waals surface area (Å²) in [6, 6.07) is 0. The minimum atomic E-state index is -1.22. The topological polar surface area (TPSA) is 62.0 Å². The minimum Gasteiger partial charge on any atom is -0.386 e. The minimum absolute atomic E-state index is 0.0136. The molecule has 0 amide bonds. The summed E-state index contributed by atoms with van der Waals surface area (Å²) in [6.07, 6.45) is 10.4. The lowest BCUT2D eigenvalue weighted by molar-refractivity contribution is -0.172. The monoisotopic (exact) mass is 253 g/mol. The Hall–Kier alpha value is -0.870. The zero-order chi connectivity index (χ0) is 12.8. The van der Waals surface area contributed by atoms with Crippen molar-refractivity contribution in [1.82, 2.24) is 0 Å². The second-order valence-electron chi connectivity index (χ2n) is 5.23. The molecule has 2 aliphatic rings. The van der Waals surface area contributed by atoms with Crippen molar-refractivity contribution in [2.45, 2.75) is 63.8 Å². The van der Waals surface area contributed by atoms with E-state index in [4.69, 9.17) is 4.84 Å². The second kappa shape index (κ2) is 6.90. The molecule has 2 N–H and O–H groups in total. The van der Waals surface area contributed by atoms with Crippen molar-refractivity contribution in [2.24, 2.45) is 11.1 Å². The maximum atomic E-state index is 9.98. The largest absolute Gasteiger partial charge is 0.386 e. The van der Waals surface area contributed by atoms with Gasteiger partial charge in [0.25, 0.3) is 6.29 Å². The Morgan fingerprint density at radius 1 is 1.17 bits per heavy atom. The molecule has 0 aliphatic heterocycles. The molecule has 102 valence electrons. The molecule has 1 saturated carbocycles. The normalized spacial score (nSPS) is 27.7. The first-order valence-electron chi connectivity index (χ1n) is 7.02. The lowest BCUT2D eigenvalue weighted by Gasteiger charge is -2.25. The summed E-state index contributed by atoms with van der Waals surface area (Å²) in [5, 5.41) is 23.7. The van der Waals surface area contributed by atoms with Gasteiger partial charge < -0.3 is 15.1 Å². The third kappa shape index (κ3) is 3.82. The molecule has 4 heteroatoms. The van der Waals surface area contributed by atoms with Crippen LogP contribution in [0.1, 0.15) is 51.4 Å². The van der Waals surface area contributed by atoms with Gasteiger partial charge in [-0.05, 0) is 44.9 Å². The Kier molecular flexibility index (Phi) is 5.20. The molecule has 3 atom stereocenters. The maximum absolute atomic E-state index is 9.98. The molecular formula is C14H23NO3. The third-order valence-corrected chi connectivity index (χ3v) is 3.74. The zero-order valence-corrected chi connectivity index (χ0v) is 10.8. The molecule has 0 heterocycles. The average molecular weight is 253 g/mol. The van der Waals surface area contributed by atoms with E-state index in [0.717, 1.165) is 50.7 Å². The molecule has 2 unspecified atom stereocenters. The van der Waals surface area contributed by atoms with E-state index in [-0.39, 0.29) is 5.92 Å².